The van der Waals surface area contributed by atoms with Crippen LogP contribution in [0.1, 0.15) is 163 Å². The summed E-state index contributed by atoms with van der Waals surface area (Å²) < 4.78 is 0. The van der Waals surface area contributed by atoms with E-state index in [1.54, 1.807) is 24.3 Å². The molecule has 2 N–H and O–H groups in total. The van der Waals surface area contributed by atoms with E-state index in [9.17, 15) is 9.59 Å². The Bertz CT molecular complexity index is 664. The van der Waals surface area contributed by atoms with Crippen LogP contribution in [0.3, 0.4) is 0 Å². The number of nitrogens with zero attached hydrogens (tertiary/aromatic N) is 1. The number of amides is 2. The van der Waals surface area contributed by atoms with Crippen molar-refractivity contribution >= 4 is 11.8 Å². The first-order chi connectivity index (χ1) is 17.6. The predicted molar refractivity (Wildman–Crippen MR) is 155 cm³/mol. The molecule has 0 unspecified atom stereocenters. The van der Waals surface area contributed by atoms with Crippen molar-refractivity contribution in [1.29, 1.82) is 0 Å². The zero-order chi connectivity index (χ0) is 26.3. The maximum absolute atomic E-state index is 13.3. The molecule has 0 heterocycles. The Morgan fingerprint density at radius 2 is 0.944 bits per heavy atom. The van der Waals surface area contributed by atoms with Crippen molar-refractivity contribution in [3.63, 3.8) is 0 Å². The van der Waals surface area contributed by atoms with E-state index in [1.807, 2.05) is 4.90 Å². The van der Waals surface area contributed by atoms with Gasteiger partial charge in [-0.05, 0) is 31.0 Å². The highest BCUT2D eigenvalue weighted by Crippen LogP contribution is 2.15. The van der Waals surface area contributed by atoms with Gasteiger partial charge >= 0.3 is 0 Å². The van der Waals surface area contributed by atoms with Gasteiger partial charge in [0.05, 0.1) is 0 Å². The van der Waals surface area contributed by atoms with E-state index in [0.29, 0.717) is 11.1 Å². The normalized spacial score (nSPS) is 11.1. The molecule has 36 heavy (non-hydrogen) atoms. The maximum Gasteiger partial charge on any atom is 0.253 e. The number of carbonyl (C=O) groups excluding carboxylic acids is 2. The van der Waals surface area contributed by atoms with E-state index in [4.69, 9.17) is 5.73 Å². The Labute approximate surface area is 222 Å². The molecular weight excluding hydrogens is 444 g/mol. The van der Waals surface area contributed by atoms with Crippen molar-refractivity contribution in [1.82, 2.24) is 4.90 Å². The summed E-state index contributed by atoms with van der Waals surface area (Å²) in [5.74, 6) is -0.453. The third-order valence-electron chi connectivity index (χ3n) is 7.24. The van der Waals surface area contributed by atoms with Gasteiger partial charge in [0, 0.05) is 24.2 Å². The van der Waals surface area contributed by atoms with Crippen molar-refractivity contribution in [2.24, 2.45) is 5.73 Å². The standard InChI is InChI=1S/C32H56N2O2/c1-3-5-7-9-11-13-15-17-19-21-26-34(27-22-20-18-16-14-12-10-8-6-4-2)32(36)30-25-23-24-29(28-30)31(33)35/h23-25,28H,3-22,26-27H2,1-2H3,(H2,33,35). The summed E-state index contributed by atoms with van der Waals surface area (Å²) in [5, 5.41) is 0. The highest BCUT2D eigenvalue weighted by atomic mass is 16.2. The van der Waals surface area contributed by atoms with E-state index in [-0.39, 0.29) is 5.91 Å². The molecule has 0 saturated heterocycles. The fraction of sp³-hybridized carbons (Fsp3) is 0.750. The quantitative estimate of drug-likeness (QED) is 0.144. The van der Waals surface area contributed by atoms with Gasteiger partial charge in [0.15, 0.2) is 0 Å². The summed E-state index contributed by atoms with van der Waals surface area (Å²) in [6, 6.07) is 6.88. The van der Waals surface area contributed by atoms with Crippen molar-refractivity contribution in [3.05, 3.63) is 35.4 Å². The van der Waals surface area contributed by atoms with Crippen LogP contribution in [-0.4, -0.2) is 29.8 Å². The van der Waals surface area contributed by atoms with Gasteiger partial charge < -0.3 is 10.6 Å². The Morgan fingerprint density at radius 3 is 1.33 bits per heavy atom. The molecule has 0 aliphatic carbocycles. The first-order valence-electron chi connectivity index (χ1n) is 15.3. The highest BCUT2D eigenvalue weighted by molar-refractivity contribution is 5.99. The number of carbonyl (C=O) groups is 2. The number of primary amides is 1. The summed E-state index contributed by atoms with van der Waals surface area (Å²) >= 11 is 0. The molecule has 0 saturated carbocycles. The van der Waals surface area contributed by atoms with Gasteiger partial charge in [0.1, 0.15) is 0 Å². The van der Waals surface area contributed by atoms with Crippen LogP contribution in [0.25, 0.3) is 0 Å². The monoisotopic (exact) mass is 500 g/mol. The molecule has 0 bridgehead atoms. The summed E-state index contributed by atoms with van der Waals surface area (Å²) in [5.41, 5.74) is 6.42. The Hall–Kier alpha value is -1.84. The minimum atomic E-state index is -0.486. The van der Waals surface area contributed by atoms with Crippen LogP contribution in [0, 0.1) is 0 Å². The van der Waals surface area contributed by atoms with Crippen molar-refractivity contribution in [3.8, 4) is 0 Å². The minimum Gasteiger partial charge on any atom is -0.366 e. The largest absolute Gasteiger partial charge is 0.366 e. The number of unbranched alkanes of at least 4 members (excludes halogenated alkanes) is 18. The van der Waals surface area contributed by atoms with Crippen molar-refractivity contribution in [2.45, 2.75) is 142 Å². The molecular formula is C32H56N2O2. The number of rotatable bonds is 24. The predicted octanol–water partition coefficient (Wildman–Crippen LogP) is 9.07. The maximum atomic E-state index is 13.3. The topological polar surface area (TPSA) is 63.4 Å². The fourth-order valence-corrected chi connectivity index (χ4v) is 4.88. The molecule has 0 aromatic heterocycles. The van der Waals surface area contributed by atoms with E-state index in [1.165, 1.54) is 116 Å². The van der Waals surface area contributed by atoms with Crippen LogP contribution < -0.4 is 5.73 Å². The molecule has 2 amide bonds. The zero-order valence-corrected chi connectivity index (χ0v) is 23.7. The van der Waals surface area contributed by atoms with Crippen molar-refractivity contribution in [2.75, 3.05) is 13.1 Å². The zero-order valence-electron chi connectivity index (χ0n) is 23.7. The molecule has 4 nitrogen and oxygen atoms in total. The second-order valence-corrected chi connectivity index (χ2v) is 10.6. The van der Waals surface area contributed by atoms with Gasteiger partial charge in [-0.15, -0.1) is 0 Å². The average Bonchev–Trinajstić information content (AvgIpc) is 2.89. The van der Waals surface area contributed by atoms with Crippen LogP contribution >= 0.6 is 0 Å². The second-order valence-electron chi connectivity index (χ2n) is 10.6. The lowest BCUT2D eigenvalue weighted by molar-refractivity contribution is 0.0749. The van der Waals surface area contributed by atoms with Gasteiger partial charge in [-0.2, -0.15) is 0 Å². The molecule has 0 radical (unpaired) electrons. The fourth-order valence-electron chi connectivity index (χ4n) is 4.88. The molecule has 1 aromatic rings. The summed E-state index contributed by atoms with van der Waals surface area (Å²) in [4.78, 5) is 26.9. The Balaban J connectivity index is 2.40. The number of benzene rings is 1. The van der Waals surface area contributed by atoms with Gasteiger partial charge in [-0.25, -0.2) is 0 Å². The number of hydrogen-bond acceptors (Lipinski definition) is 2. The van der Waals surface area contributed by atoms with E-state index in [2.05, 4.69) is 13.8 Å². The minimum absolute atomic E-state index is 0.0324. The number of nitrogens with two attached hydrogens (primary N) is 1. The molecule has 0 fully saturated rings. The van der Waals surface area contributed by atoms with Gasteiger partial charge in [0.25, 0.3) is 5.91 Å². The van der Waals surface area contributed by atoms with Crippen LogP contribution in [-0.2, 0) is 0 Å². The second kappa shape index (κ2) is 22.4. The third-order valence-corrected chi connectivity index (χ3v) is 7.24. The van der Waals surface area contributed by atoms with E-state index in [0.717, 1.165) is 25.9 Å². The Kier molecular flexibility index (Phi) is 20.0. The van der Waals surface area contributed by atoms with Gasteiger partial charge in [-0.3, -0.25) is 9.59 Å². The molecule has 1 rings (SSSR count). The number of hydrogen-bond donors (Lipinski definition) is 1. The van der Waals surface area contributed by atoms with Crippen molar-refractivity contribution < 1.29 is 9.59 Å². The smallest absolute Gasteiger partial charge is 0.253 e. The first kappa shape index (κ1) is 32.2. The first-order valence-corrected chi connectivity index (χ1v) is 15.3. The molecule has 0 aliphatic heterocycles. The van der Waals surface area contributed by atoms with Crippen LogP contribution in [0.15, 0.2) is 24.3 Å². The lowest BCUT2D eigenvalue weighted by Gasteiger charge is -2.23. The summed E-state index contributed by atoms with van der Waals surface area (Å²) in [6.07, 6.45) is 25.8. The summed E-state index contributed by atoms with van der Waals surface area (Å²) in [7, 11) is 0. The van der Waals surface area contributed by atoms with E-state index < -0.39 is 5.91 Å². The lowest BCUT2D eigenvalue weighted by Crippen LogP contribution is -2.33. The highest BCUT2D eigenvalue weighted by Gasteiger charge is 2.16. The lowest BCUT2D eigenvalue weighted by atomic mass is 10.1. The molecule has 4 heteroatoms. The van der Waals surface area contributed by atoms with Gasteiger partial charge in [0.2, 0.25) is 5.91 Å². The molecule has 1 aromatic carbocycles. The molecule has 206 valence electrons. The van der Waals surface area contributed by atoms with E-state index >= 15 is 0 Å². The van der Waals surface area contributed by atoms with Crippen LogP contribution in [0.2, 0.25) is 0 Å². The molecule has 0 spiro atoms. The van der Waals surface area contributed by atoms with Crippen LogP contribution in [0.5, 0.6) is 0 Å². The summed E-state index contributed by atoms with van der Waals surface area (Å²) in [6.45, 7) is 6.12. The Morgan fingerprint density at radius 1 is 0.583 bits per heavy atom. The van der Waals surface area contributed by atoms with Crippen LogP contribution in [0.4, 0.5) is 0 Å². The average molecular weight is 501 g/mol. The SMILES string of the molecule is CCCCCCCCCCCCN(CCCCCCCCCCCC)C(=O)c1cccc(C(N)=O)c1. The molecule has 0 aliphatic rings. The molecule has 0 atom stereocenters. The third kappa shape index (κ3) is 16.0. The van der Waals surface area contributed by atoms with Gasteiger partial charge in [-0.1, -0.05) is 135 Å².